The van der Waals surface area contributed by atoms with Crippen LogP contribution in [0, 0.1) is 12.3 Å². The third kappa shape index (κ3) is 4.28. The predicted octanol–water partition coefficient (Wildman–Crippen LogP) is 2.01. The second-order valence-corrected chi connectivity index (χ2v) is 4.40. The fraction of sp³-hybridized carbons (Fsp3) is 0.357. The molecule has 3 nitrogen and oxygen atoms in total. The summed E-state index contributed by atoms with van der Waals surface area (Å²) in [5.74, 6) is 1.95. The van der Waals surface area contributed by atoms with Crippen LogP contribution >= 0.6 is 0 Å². The standard InChI is InChI=1S/C14H15F3N2O/c1-3-4-12(18)13(20)19(2)9-10-5-7-11(8-6-10)14(15,16)17/h1,5-8,12H,4,9,18H2,2H3. The first kappa shape index (κ1) is 16.1. The summed E-state index contributed by atoms with van der Waals surface area (Å²) in [6.45, 7) is 0.176. The van der Waals surface area contributed by atoms with E-state index in [0.29, 0.717) is 5.56 Å². The van der Waals surface area contributed by atoms with E-state index in [4.69, 9.17) is 12.2 Å². The molecule has 1 amide bonds. The van der Waals surface area contributed by atoms with Crippen LogP contribution in [0.2, 0.25) is 0 Å². The minimum atomic E-state index is -4.37. The van der Waals surface area contributed by atoms with Crippen LogP contribution in [-0.2, 0) is 17.5 Å². The number of carbonyl (C=O) groups excluding carboxylic acids is 1. The number of rotatable bonds is 4. The van der Waals surface area contributed by atoms with Crippen LogP contribution < -0.4 is 5.73 Å². The minimum Gasteiger partial charge on any atom is -0.340 e. The fourth-order valence-electron chi connectivity index (χ4n) is 1.65. The van der Waals surface area contributed by atoms with Crippen molar-refractivity contribution in [3.05, 3.63) is 35.4 Å². The molecule has 1 aromatic rings. The number of nitrogens with zero attached hydrogens (tertiary/aromatic N) is 1. The number of benzene rings is 1. The molecule has 0 spiro atoms. The van der Waals surface area contributed by atoms with Crippen LogP contribution in [0.5, 0.6) is 0 Å². The molecule has 20 heavy (non-hydrogen) atoms. The molecule has 1 atom stereocenters. The van der Waals surface area contributed by atoms with Crippen molar-refractivity contribution in [2.45, 2.75) is 25.2 Å². The summed E-state index contributed by atoms with van der Waals surface area (Å²) >= 11 is 0. The van der Waals surface area contributed by atoms with Gasteiger partial charge < -0.3 is 10.6 Å². The van der Waals surface area contributed by atoms with E-state index in [-0.39, 0.29) is 18.9 Å². The Bertz CT molecular complexity index is 503. The normalized spacial score (nSPS) is 12.6. The van der Waals surface area contributed by atoms with Crippen LogP contribution in [-0.4, -0.2) is 23.9 Å². The molecule has 0 aromatic heterocycles. The van der Waals surface area contributed by atoms with Gasteiger partial charge >= 0.3 is 6.18 Å². The lowest BCUT2D eigenvalue weighted by atomic mass is 10.1. The lowest BCUT2D eigenvalue weighted by Gasteiger charge is -2.20. The summed E-state index contributed by atoms with van der Waals surface area (Å²) in [7, 11) is 1.52. The quantitative estimate of drug-likeness (QED) is 0.860. The fourth-order valence-corrected chi connectivity index (χ4v) is 1.65. The molecule has 0 fully saturated rings. The van der Waals surface area contributed by atoms with Crippen molar-refractivity contribution in [1.29, 1.82) is 0 Å². The summed E-state index contributed by atoms with van der Waals surface area (Å²) in [5.41, 5.74) is 5.44. The van der Waals surface area contributed by atoms with Gasteiger partial charge in [-0.25, -0.2) is 0 Å². The zero-order valence-electron chi connectivity index (χ0n) is 10.9. The molecule has 0 saturated carbocycles. The molecule has 6 heteroatoms. The van der Waals surface area contributed by atoms with E-state index >= 15 is 0 Å². The predicted molar refractivity (Wildman–Crippen MR) is 69.3 cm³/mol. The molecule has 0 bridgehead atoms. The summed E-state index contributed by atoms with van der Waals surface area (Å²) < 4.78 is 37.2. The number of carbonyl (C=O) groups is 1. The highest BCUT2D eigenvalue weighted by molar-refractivity contribution is 5.81. The number of amides is 1. The van der Waals surface area contributed by atoms with Gasteiger partial charge in [-0.1, -0.05) is 12.1 Å². The lowest BCUT2D eigenvalue weighted by Crippen LogP contribution is -2.41. The number of hydrogen-bond donors (Lipinski definition) is 1. The monoisotopic (exact) mass is 284 g/mol. The van der Waals surface area contributed by atoms with Gasteiger partial charge in [-0.3, -0.25) is 4.79 Å². The topological polar surface area (TPSA) is 46.3 Å². The third-order valence-corrected chi connectivity index (χ3v) is 2.73. The minimum absolute atomic E-state index is 0.121. The summed E-state index contributed by atoms with van der Waals surface area (Å²) in [6, 6.07) is 3.84. The van der Waals surface area contributed by atoms with E-state index in [2.05, 4.69) is 5.92 Å². The van der Waals surface area contributed by atoms with Crippen LogP contribution in [0.4, 0.5) is 13.2 Å². The third-order valence-electron chi connectivity index (χ3n) is 2.73. The van der Waals surface area contributed by atoms with Gasteiger partial charge in [0.2, 0.25) is 5.91 Å². The Morgan fingerprint density at radius 3 is 2.40 bits per heavy atom. The molecule has 1 unspecified atom stereocenters. The second kappa shape index (κ2) is 6.44. The highest BCUT2D eigenvalue weighted by Crippen LogP contribution is 2.29. The molecule has 0 aliphatic rings. The van der Waals surface area contributed by atoms with E-state index in [1.807, 2.05) is 0 Å². The van der Waals surface area contributed by atoms with Crippen molar-refractivity contribution in [3.8, 4) is 12.3 Å². The first-order valence-corrected chi connectivity index (χ1v) is 5.86. The summed E-state index contributed by atoms with van der Waals surface area (Å²) in [6.07, 6.45) is 0.826. The zero-order chi connectivity index (χ0) is 15.3. The van der Waals surface area contributed by atoms with E-state index < -0.39 is 17.8 Å². The Labute approximate surface area is 115 Å². The van der Waals surface area contributed by atoms with Gasteiger partial charge in [-0.2, -0.15) is 13.2 Å². The Kier molecular flexibility index (Phi) is 5.17. The van der Waals surface area contributed by atoms with Crippen molar-refractivity contribution < 1.29 is 18.0 Å². The molecule has 0 aliphatic carbocycles. The maximum atomic E-state index is 12.4. The maximum Gasteiger partial charge on any atom is 0.416 e. The van der Waals surface area contributed by atoms with Gasteiger partial charge in [-0.15, -0.1) is 12.3 Å². The first-order valence-electron chi connectivity index (χ1n) is 5.86. The highest BCUT2D eigenvalue weighted by atomic mass is 19.4. The number of terminal acetylenes is 1. The van der Waals surface area contributed by atoms with E-state index in [1.54, 1.807) is 0 Å². The van der Waals surface area contributed by atoms with E-state index in [0.717, 1.165) is 12.1 Å². The van der Waals surface area contributed by atoms with Gasteiger partial charge in [0, 0.05) is 20.0 Å². The molecule has 1 rings (SSSR count). The van der Waals surface area contributed by atoms with Crippen molar-refractivity contribution in [2.24, 2.45) is 5.73 Å². The SMILES string of the molecule is C#CCC(N)C(=O)N(C)Cc1ccc(C(F)(F)F)cc1. The summed E-state index contributed by atoms with van der Waals surface area (Å²) in [4.78, 5) is 13.1. The van der Waals surface area contributed by atoms with Gasteiger partial charge in [0.15, 0.2) is 0 Å². The lowest BCUT2D eigenvalue weighted by molar-refractivity contribution is -0.137. The van der Waals surface area contributed by atoms with Gasteiger partial charge in [0.25, 0.3) is 0 Å². The van der Waals surface area contributed by atoms with Gasteiger partial charge in [0.1, 0.15) is 0 Å². The molecule has 1 aromatic carbocycles. The van der Waals surface area contributed by atoms with Crippen LogP contribution in [0.15, 0.2) is 24.3 Å². The second-order valence-electron chi connectivity index (χ2n) is 4.40. The van der Waals surface area contributed by atoms with Crippen LogP contribution in [0.3, 0.4) is 0 Å². The Morgan fingerprint density at radius 1 is 1.40 bits per heavy atom. The highest BCUT2D eigenvalue weighted by Gasteiger charge is 2.30. The molecule has 108 valence electrons. The van der Waals surface area contributed by atoms with Gasteiger partial charge in [-0.05, 0) is 17.7 Å². The van der Waals surface area contributed by atoms with Crippen molar-refractivity contribution in [2.75, 3.05) is 7.05 Å². The number of likely N-dealkylation sites (N-methyl/N-ethyl adjacent to an activating group) is 1. The molecular weight excluding hydrogens is 269 g/mol. The zero-order valence-corrected chi connectivity index (χ0v) is 10.9. The van der Waals surface area contributed by atoms with Crippen LogP contribution in [0.1, 0.15) is 17.5 Å². The maximum absolute atomic E-state index is 12.4. The molecule has 0 aliphatic heterocycles. The van der Waals surface area contributed by atoms with E-state index in [9.17, 15) is 18.0 Å². The van der Waals surface area contributed by atoms with Crippen molar-refractivity contribution >= 4 is 5.91 Å². The molecule has 0 heterocycles. The molecule has 0 saturated heterocycles. The van der Waals surface area contributed by atoms with Crippen molar-refractivity contribution in [3.63, 3.8) is 0 Å². The number of alkyl halides is 3. The first-order chi connectivity index (χ1) is 9.25. The average Bonchev–Trinajstić information content (AvgIpc) is 2.37. The Hall–Kier alpha value is -2.00. The average molecular weight is 284 g/mol. The largest absolute Gasteiger partial charge is 0.416 e. The number of nitrogens with two attached hydrogens (primary N) is 1. The van der Waals surface area contributed by atoms with E-state index in [1.165, 1.54) is 24.1 Å². The number of halogens is 3. The Balaban J connectivity index is 2.70. The van der Waals surface area contributed by atoms with Gasteiger partial charge in [0.05, 0.1) is 11.6 Å². The van der Waals surface area contributed by atoms with Crippen molar-refractivity contribution in [1.82, 2.24) is 4.90 Å². The smallest absolute Gasteiger partial charge is 0.340 e. The van der Waals surface area contributed by atoms with Crippen LogP contribution in [0.25, 0.3) is 0 Å². The summed E-state index contributed by atoms with van der Waals surface area (Å²) in [5, 5.41) is 0. The molecule has 0 radical (unpaired) electrons. The molecule has 2 N–H and O–H groups in total. The Morgan fingerprint density at radius 2 is 1.95 bits per heavy atom. The number of hydrogen-bond acceptors (Lipinski definition) is 2. The molecular formula is C14H15F3N2O.